The molecule has 2 N–H and O–H groups in total. The molecule has 0 unspecified atom stereocenters. The third kappa shape index (κ3) is 4.27. The van der Waals surface area contributed by atoms with Crippen LogP contribution in [0, 0.1) is 0 Å². The lowest BCUT2D eigenvalue weighted by atomic mass is 9.63. The van der Waals surface area contributed by atoms with Crippen LogP contribution < -0.4 is 0 Å². The van der Waals surface area contributed by atoms with Gasteiger partial charge in [-0.2, -0.15) is 0 Å². The van der Waals surface area contributed by atoms with Crippen LogP contribution in [0.2, 0.25) is 0 Å². The molecule has 6 aromatic rings. The average molecular weight is 496 g/mol. The predicted molar refractivity (Wildman–Crippen MR) is 157 cm³/mol. The fraction of sp³-hybridized carbons (Fsp3) is 0.118. The van der Waals surface area contributed by atoms with Gasteiger partial charge in [0.1, 0.15) is 0 Å². The molecule has 6 aromatic carbocycles. The van der Waals surface area contributed by atoms with Gasteiger partial charge in [-0.15, -0.1) is 0 Å². The van der Waals surface area contributed by atoms with E-state index in [1.54, 1.807) is 0 Å². The van der Waals surface area contributed by atoms with Gasteiger partial charge in [-0.05, 0) is 61.8 Å². The molecule has 0 heterocycles. The number of benzene rings is 6. The van der Waals surface area contributed by atoms with Gasteiger partial charge in [0.05, 0.1) is 0 Å². The first-order chi connectivity index (χ1) is 18.7. The van der Waals surface area contributed by atoms with E-state index in [0.29, 0.717) is 6.42 Å². The second kappa shape index (κ2) is 10.4. The largest absolute Gasteiger partial charge is 0.633 e. The molecule has 3 nitrogen and oxygen atoms in total. The standard InChI is InChI=1S/C34H29BO3/c36-35(37)38-24-10-23-34(31-20-7-14-25-11-1-4-17-28(25)31,32-21-8-15-26-12-2-5-18-29(26)32)33-22-9-16-27-13-3-6-19-30(27)33/h1-9,11-22,36-37H,10,23-24H2. The van der Waals surface area contributed by atoms with Crippen molar-refractivity contribution in [2.45, 2.75) is 18.3 Å². The van der Waals surface area contributed by atoms with Crippen LogP contribution in [0.1, 0.15) is 29.5 Å². The molecule has 0 aliphatic heterocycles. The van der Waals surface area contributed by atoms with Crippen molar-refractivity contribution in [3.05, 3.63) is 144 Å². The topological polar surface area (TPSA) is 49.7 Å². The molecule has 0 atom stereocenters. The first-order valence-electron chi connectivity index (χ1n) is 13.1. The Hall–Kier alpha value is -3.96. The average Bonchev–Trinajstić information content (AvgIpc) is 2.97. The Kier molecular flexibility index (Phi) is 6.69. The van der Waals surface area contributed by atoms with Crippen LogP contribution in [-0.4, -0.2) is 24.0 Å². The summed E-state index contributed by atoms with van der Waals surface area (Å²) in [6.45, 7) is 0.236. The second-order valence-electron chi connectivity index (χ2n) is 9.79. The molecule has 0 spiro atoms. The maximum atomic E-state index is 9.39. The van der Waals surface area contributed by atoms with Crippen LogP contribution >= 0.6 is 0 Å². The molecule has 0 radical (unpaired) electrons. The highest BCUT2D eigenvalue weighted by Gasteiger charge is 2.39. The van der Waals surface area contributed by atoms with Crippen LogP contribution in [0.3, 0.4) is 0 Å². The normalized spacial score (nSPS) is 11.8. The van der Waals surface area contributed by atoms with Gasteiger partial charge < -0.3 is 14.7 Å². The molecule has 0 bridgehead atoms. The summed E-state index contributed by atoms with van der Waals surface area (Å²) in [5, 5.41) is 26.0. The van der Waals surface area contributed by atoms with Crippen molar-refractivity contribution in [2.75, 3.05) is 6.61 Å². The summed E-state index contributed by atoms with van der Waals surface area (Å²) in [5.41, 5.74) is 3.15. The van der Waals surface area contributed by atoms with E-state index in [1.807, 2.05) is 0 Å². The number of hydrogen-bond acceptors (Lipinski definition) is 3. The Labute approximate surface area is 223 Å². The van der Waals surface area contributed by atoms with E-state index in [2.05, 4.69) is 127 Å². The van der Waals surface area contributed by atoms with Crippen molar-refractivity contribution in [3.8, 4) is 0 Å². The molecule has 38 heavy (non-hydrogen) atoms. The minimum atomic E-state index is -1.78. The van der Waals surface area contributed by atoms with Gasteiger partial charge in [-0.25, -0.2) is 0 Å². The molecule has 0 aliphatic carbocycles. The SMILES string of the molecule is OB(O)OCCCC(c1cccc2ccccc12)(c1cccc2ccccc12)c1cccc2ccccc12. The van der Waals surface area contributed by atoms with E-state index >= 15 is 0 Å². The Morgan fingerprint density at radius 2 is 0.868 bits per heavy atom. The van der Waals surface area contributed by atoms with E-state index in [1.165, 1.54) is 49.0 Å². The van der Waals surface area contributed by atoms with Crippen LogP contribution in [-0.2, 0) is 10.1 Å². The lowest BCUT2D eigenvalue weighted by molar-refractivity contribution is 0.179. The predicted octanol–water partition coefficient (Wildman–Crippen LogP) is 7.25. The Bertz CT molecular complexity index is 1520. The lowest BCUT2D eigenvalue weighted by Crippen LogP contribution is -2.31. The summed E-state index contributed by atoms with van der Waals surface area (Å²) in [4.78, 5) is 0. The van der Waals surface area contributed by atoms with Gasteiger partial charge in [-0.3, -0.25) is 0 Å². The van der Waals surface area contributed by atoms with Gasteiger partial charge in [0, 0.05) is 12.0 Å². The van der Waals surface area contributed by atoms with E-state index in [4.69, 9.17) is 4.65 Å². The van der Waals surface area contributed by atoms with Crippen molar-refractivity contribution >= 4 is 39.6 Å². The quantitative estimate of drug-likeness (QED) is 0.133. The number of rotatable bonds is 8. The molecular weight excluding hydrogens is 467 g/mol. The lowest BCUT2D eigenvalue weighted by Gasteiger charge is -2.39. The minimum absolute atomic E-state index is 0.236. The summed E-state index contributed by atoms with van der Waals surface area (Å²) in [7, 11) is -1.78. The van der Waals surface area contributed by atoms with Crippen LogP contribution in [0.5, 0.6) is 0 Å². The molecule has 0 aromatic heterocycles. The van der Waals surface area contributed by atoms with Crippen molar-refractivity contribution in [3.63, 3.8) is 0 Å². The van der Waals surface area contributed by atoms with Gasteiger partial charge in [-0.1, -0.05) is 127 Å². The molecule has 4 heteroatoms. The Morgan fingerprint density at radius 1 is 0.500 bits per heavy atom. The Morgan fingerprint density at radius 3 is 1.26 bits per heavy atom. The summed E-state index contributed by atoms with van der Waals surface area (Å²) in [6.07, 6.45) is 1.35. The molecule has 6 rings (SSSR count). The first-order valence-corrected chi connectivity index (χ1v) is 13.1. The molecule has 0 saturated carbocycles. The molecule has 0 fully saturated rings. The summed E-state index contributed by atoms with van der Waals surface area (Å²) in [6, 6.07) is 45.4. The van der Waals surface area contributed by atoms with Gasteiger partial charge in [0.15, 0.2) is 0 Å². The van der Waals surface area contributed by atoms with E-state index < -0.39 is 12.7 Å². The maximum Gasteiger partial charge on any atom is 0.633 e. The van der Waals surface area contributed by atoms with Crippen molar-refractivity contribution in [1.82, 2.24) is 0 Å². The third-order valence-electron chi connectivity index (χ3n) is 7.71. The van der Waals surface area contributed by atoms with Crippen LogP contribution in [0.25, 0.3) is 32.3 Å². The summed E-state index contributed by atoms with van der Waals surface area (Å²) in [5.74, 6) is 0. The highest BCUT2D eigenvalue weighted by atomic mass is 16.6. The summed E-state index contributed by atoms with van der Waals surface area (Å²) < 4.78 is 5.22. The molecule has 0 aliphatic rings. The third-order valence-corrected chi connectivity index (χ3v) is 7.71. The molecule has 0 amide bonds. The fourth-order valence-electron chi connectivity index (χ4n) is 6.16. The first kappa shape index (κ1) is 24.4. The highest BCUT2D eigenvalue weighted by molar-refractivity contribution is 6.32. The van der Waals surface area contributed by atoms with Crippen LogP contribution in [0.15, 0.2) is 127 Å². The maximum absolute atomic E-state index is 9.39. The zero-order valence-corrected chi connectivity index (χ0v) is 21.1. The van der Waals surface area contributed by atoms with Gasteiger partial charge in [0.2, 0.25) is 0 Å². The van der Waals surface area contributed by atoms with Gasteiger partial charge >= 0.3 is 7.32 Å². The second-order valence-corrected chi connectivity index (χ2v) is 9.79. The molecular formula is C34H29BO3. The monoisotopic (exact) mass is 496 g/mol. The van der Waals surface area contributed by atoms with Crippen molar-refractivity contribution in [2.24, 2.45) is 0 Å². The minimum Gasteiger partial charge on any atom is -0.402 e. The van der Waals surface area contributed by atoms with Crippen molar-refractivity contribution < 1.29 is 14.7 Å². The van der Waals surface area contributed by atoms with Gasteiger partial charge in [0.25, 0.3) is 0 Å². The Balaban J connectivity index is 1.75. The zero-order valence-electron chi connectivity index (χ0n) is 21.1. The zero-order chi connectivity index (χ0) is 26.0. The van der Waals surface area contributed by atoms with E-state index in [9.17, 15) is 10.0 Å². The smallest absolute Gasteiger partial charge is 0.402 e. The van der Waals surface area contributed by atoms with Crippen LogP contribution in [0.4, 0.5) is 0 Å². The van der Waals surface area contributed by atoms with Crippen molar-refractivity contribution in [1.29, 1.82) is 0 Å². The highest BCUT2D eigenvalue weighted by Crippen LogP contribution is 2.49. The number of fused-ring (bicyclic) bond motifs is 3. The van der Waals surface area contributed by atoms with E-state index in [0.717, 1.165) is 6.42 Å². The van der Waals surface area contributed by atoms with E-state index in [-0.39, 0.29) is 6.61 Å². The summed E-state index contributed by atoms with van der Waals surface area (Å²) >= 11 is 0. The molecule has 0 saturated heterocycles. The molecule has 186 valence electrons. The fourth-order valence-corrected chi connectivity index (χ4v) is 6.16. The number of hydrogen-bond donors (Lipinski definition) is 2.